The van der Waals surface area contributed by atoms with Gasteiger partial charge in [0.05, 0.1) is 29.4 Å². The monoisotopic (exact) mass is 304 g/mol. The molecule has 1 aromatic carbocycles. The Labute approximate surface area is 124 Å². The molecular formula is C12H12N6O4. The zero-order valence-corrected chi connectivity index (χ0v) is 11.4. The minimum Gasteiger partial charge on any atom is -0.481 e. The summed E-state index contributed by atoms with van der Waals surface area (Å²) < 4.78 is 6.78. The first-order valence-electron chi connectivity index (χ1n) is 6.46. The first-order chi connectivity index (χ1) is 10.6. The highest BCUT2D eigenvalue weighted by Gasteiger charge is 2.23. The van der Waals surface area contributed by atoms with Crippen molar-refractivity contribution < 1.29 is 14.5 Å². The van der Waals surface area contributed by atoms with E-state index in [0.29, 0.717) is 24.5 Å². The van der Waals surface area contributed by atoms with E-state index in [0.717, 1.165) is 0 Å². The van der Waals surface area contributed by atoms with Crippen molar-refractivity contribution in [1.29, 1.82) is 0 Å². The molecule has 0 saturated carbocycles. The van der Waals surface area contributed by atoms with Gasteiger partial charge in [-0.3, -0.25) is 19.6 Å². The Hall–Kier alpha value is -3.17. The Morgan fingerprint density at radius 1 is 1.50 bits per heavy atom. The summed E-state index contributed by atoms with van der Waals surface area (Å²) in [5.74, 6) is -0.0111. The number of nitrogens with one attached hydrogen (secondary N) is 2. The summed E-state index contributed by atoms with van der Waals surface area (Å²) >= 11 is 0. The number of hydrogen-bond donors (Lipinski definition) is 2. The van der Waals surface area contributed by atoms with E-state index < -0.39 is 4.92 Å². The van der Waals surface area contributed by atoms with Crippen LogP contribution in [0, 0.1) is 10.1 Å². The highest BCUT2D eigenvalue weighted by atomic mass is 16.6. The van der Waals surface area contributed by atoms with Crippen LogP contribution < -0.4 is 15.4 Å². The van der Waals surface area contributed by atoms with Crippen molar-refractivity contribution in [2.45, 2.75) is 6.54 Å². The summed E-state index contributed by atoms with van der Waals surface area (Å²) in [7, 11) is 0. The van der Waals surface area contributed by atoms with E-state index >= 15 is 0 Å². The van der Waals surface area contributed by atoms with E-state index in [9.17, 15) is 14.9 Å². The second kappa shape index (κ2) is 5.68. The molecule has 0 fully saturated rings. The van der Waals surface area contributed by atoms with Crippen LogP contribution >= 0.6 is 0 Å². The van der Waals surface area contributed by atoms with Crippen LogP contribution in [0.5, 0.6) is 5.75 Å². The summed E-state index contributed by atoms with van der Waals surface area (Å²) in [6.45, 7) is 0.762. The third-order valence-electron chi connectivity index (χ3n) is 3.06. The minimum atomic E-state index is -0.502. The zero-order valence-electron chi connectivity index (χ0n) is 11.4. The van der Waals surface area contributed by atoms with Crippen molar-refractivity contribution in [1.82, 2.24) is 15.0 Å². The number of ether oxygens (including phenoxy) is 1. The van der Waals surface area contributed by atoms with E-state index in [-0.39, 0.29) is 24.0 Å². The molecule has 3 rings (SSSR count). The van der Waals surface area contributed by atoms with Gasteiger partial charge in [-0.2, -0.15) is 0 Å². The molecule has 22 heavy (non-hydrogen) atoms. The molecule has 114 valence electrons. The van der Waals surface area contributed by atoms with Crippen LogP contribution in [-0.2, 0) is 11.3 Å². The van der Waals surface area contributed by atoms with Crippen LogP contribution in [0.25, 0.3) is 0 Å². The Morgan fingerprint density at radius 2 is 2.36 bits per heavy atom. The first-order valence-corrected chi connectivity index (χ1v) is 6.46. The first kappa shape index (κ1) is 13.8. The summed E-state index contributed by atoms with van der Waals surface area (Å²) in [6, 6.07) is 2.79. The number of carbonyl (C=O) groups is 1. The lowest BCUT2D eigenvalue weighted by molar-refractivity contribution is -0.384. The maximum atomic E-state index is 11.3. The zero-order chi connectivity index (χ0) is 15.5. The Morgan fingerprint density at radius 3 is 3.09 bits per heavy atom. The maximum Gasteiger partial charge on any atom is 0.296 e. The second-order valence-electron chi connectivity index (χ2n) is 4.55. The van der Waals surface area contributed by atoms with Gasteiger partial charge in [0.25, 0.3) is 11.6 Å². The number of amides is 1. The van der Waals surface area contributed by atoms with E-state index in [2.05, 4.69) is 20.9 Å². The van der Waals surface area contributed by atoms with Gasteiger partial charge >= 0.3 is 0 Å². The molecular weight excluding hydrogens is 292 g/mol. The van der Waals surface area contributed by atoms with Gasteiger partial charge in [-0.1, -0.05) is 5.21 Å². The molecule has 1 amide bonds. The van der Waals surface area contributed by atoms with E-state index in [4.69, 9.17) is 4.74 Å². The Balaban J connectivity index is 1.80. The van der Waals surface area contributed by atoms with Gasteiger partial charge < -0.3 is 15.4 Å². The Bertz CT molecular complexity index is 715. The molecule has 1 aromatic heterocycles. The third kappa shape index (κ3) is 2.80. The lowest BCUT2D eigenvalue weighted by Gasteiger charge is -2.19. The van der Waals surface area contributed by atoms with Crippen LogP contribution in [0.2, 0.25) is 0 Å². The summed E-state index contributed by atoms with van der Waals surface area (Å²) in [5, 5.41) is 24.2. The highest BCUT2D eigenvalue weighted by molar-refractivity contribution is 5.96. The van der Waals surface area contributed by atoms with Crippen LogP contribution in [0.4, 0.5) is 17.1 Å². The molecule has 1 aliphatic rings. The average Bonchev–Trinajstić information content (AvgIpc) is 2.99. The van der Waals surface area contributed by atoms with Gasteiger partial charge in [-0.05, 0) is 6.07 Å². The predicted molar refractivity (Wildman–Crippen MR) is 75.7 cm³/mol. The van der Waals surface area contributed by atoms with Crippen molar-refractivity contribution in [2.24, 2.45) is 0 Å². The van der Waals surface area contributed by atoms with Crippen LogP contribution in [-0.4, -0.2) is 39.0 Å². The van der Waals surface area contributed by atoms with Gasteiger partial charge in [-0.15, -0.1) is 5.10 Å². The second-order valence-corrected chi connectivity index (χ2v) is 4.55. The van der Waals surface area contributed by atoms with E-state index in [1.54, 1.807) is 17.1 Å². The Kier molecular flexibility index (Phi) is 3.56. The van der Waals surface area contributed by atoms with E-state index in [1.165, 1.54) is 12.1 Å². The molecule has 0 saturated heterocycles. The number of nitro groups is 1. The smallest absolute Gasteiger partial charge is 0.296 e. The summed E-state index contributed by atoms with van der Waals surface area (Å²) in [4.78, 5) is 22.0. The molecule has 2 aromatic rings. The number of fused-ring (bicyclic) bond motifs is 1. The summed E-state index contributed by atoms with van der Waals surface area (Å²) in [6.07, 6.45) is 3.24. The lowest BCUT2D eigenvalue weighted by Crippen LogP contribution is -2.25. The molecule has 0 aliphatic carbocycles. The highest BCUT2D eigenvalue weighted by Crippen LogP contribution is 2.37. The number of anilines is 2. The predicted octanol–water partition coefficient (Wildman–Crippen LogP) is 0.629. The fourth-order valence-electron chi connectivity index (χ4n) is 2.07. The summed E-state index contributed by atoms with van der Waals surface area (Å²) in [5.41, 5.74) is 0.591. The maximum absolute atomic E-state index is 11.3. The number of carbonyl (C=O) groups excluding carboxylic acids is 1. The fourth-order valence-corrected chi connectivity index (χ4v) is 2.07. The molecule has 10 nitrogen and oxygen atoms in total. The number of nitrogens with zero attached hydrogens (tertiary/aromatic N) is 4. The number of rotatable bonds is 5. The van der Waals surface area contributed by atoms with Crippen molar-refractivity contribution in [3.63, 3.8) is 0 Å². The topological polar surface area (TPSA) is 124 Å². The van der Waals surface area contributed by atoms with Crippen molar-refractivity contribution in [3.05, 3.63) is 34.6 Å². The molecule has 0 unspecified atom stereocenters. The molecule has 0 radical (unpaired) electrons. The molecule has 0 bridgehead atoms. The van der Waals surface area contributed by atoms with E-state index in [1.807, 2.05) is 0 Å². The standard InChI is InChI=1S/C12H12N6O4/c19-12-7-22-11-6-10(18(20)21)8(5-9(11)15-12)13-1-3-17-4-2-14-16-17/h2,4-6,13H,1,3,7H2,(H,15,19). The van der Waals surface area contributed by atoms with Gasteiger partial charge in [0.1, 0.15) is 5.69 Å². The number of benzene rings is 1. The number of hydrogen-bond acceptors (Lipinski definition) is 7. The molecule has 2 N–H and O–H groups in total. The molecule has 0 spiro atoms. The van der Waals surface area contributed by atoms with Gasteiger partial charge in [0.2, 0.25) is 0 Å². The van der Waals surface area contributed by atoms with Crippen LogP contribution in [0.1, 0.15) is 0 Å². The quantitative estimate of drug-likeness (QED) is 0.613. The third-order valence-corrected chi connectivity index (χ3v) is 3.06. The normalized spacial score (nSPS) is 13.0. The van der Waals surface area contributed by atoms with Gasteiger partial charge in [0.15, 0.2) is 12.4 Å². The average molecular weight is 304 g/mol. The van der Waals surface area contributed by atoms with Crippen LogP contribution in [0.15, 0.2) is 24.5 Å². The largest absolute Gasteiger partial charge is 0.481 e. The van der Waals surface area contributed by atoms with Crippen molar-refractivity contribution in [3.8, 4) is 5.75 Å². The van der Waals surface area contributed by atoms with Gasteiger partial charge in [0, 0.05) is 12.7 Å². The minimum absolute atomic E-state index is 0.117. The fraction of sp³-hybridized carbons (Fsp3) is 0.250. The van der Waals surface area contributed by atoms with Crippen LogP contribution in [0.3, 0.4) is 0 Å². The molecule has 1 aliphatic heterocycles. The number of aromatic nitrogens is 3. The SMILES string of the molecule is O=C1COc2cc([N+](=O)[O-])c(NCCn3ccnn3)cc2N1. The van der Waals surface area contributed by atoms with Crippen molar-refractivity contribution in [2.75, 3.05) is 23.8 Å². The van der Waals surface area contributed by atoms with Crippen molar-refractivity contribution >= 4 is 23.0 Å². The molecule has 10 heteroatoms. The molecule has 0 atom stereocenters. The molecule has 2 heterocycles. The number of nitro benzene ring substituents is 1. The van der Waals surface area contributed by atoms with Gasteiger partial charge in [-0.25, -0.2) is 0 Å². The lowest BCUT2D eigenvalue weighted by atomic mass is 10.2.